The van der Waals surface area contributed by atoms with Crippen LogP contribution >= 0.6 is 0 Å². The minimum Gasteiger partial charge on any atom is -0.508 e. The largest absolute Gasteiger partial charge is 0.508 e. The second-order valence-corrected chi connectivity index (χ2v) is 5.60. The summed E-state index contributed by atoms with van der Waals surface area (Å²) >= 11 is 0. The quantitative estimate of drug-likeness (QED) is 0.868. The Kier molecular flexibility index (Phi) is 5.20. The molecule has 5 nitrogen and oxygen atoms in total. The summed E-state index contributed by atoms with van der Waals surface area (Å²) in [5.41, 5.74) is 1.20. The van der Waals surface area contributed by atoms with Gasteiger partial charge in [-0.05, 0) is 31.0 Å². The van der Waals surface area contributed by atoms with E-state index in [0.29, 0.717) is 6.04 Å². The standard InChI is InChI=1S/C16H24N2O3/c1-3-15(13-4-6-14(19)7-5-13)18-10-8-17(9-11-18)12(2)16(20)21/h4-7,12,15,19H,3,8-11H2,1-2H3,(H,20,21). The van der Waals surface area contributed by atoms with Gasteiger partial charge in [-0.1, -0.05) is 19.1 Å². The third-order valence-corrected chi connectivity index (χ3v) is 4.36. The average Bonchev–Trinajstić information content (AvgIpc) is 2.50. The van der Waals surface area contributed by atoms with Crippen LogP contribution in [0.15, 0.2) is 24.3 Å². The van der Waals surface area contributed by atoms with Gasteiger partial charge in [0.25, 0.3) is 0 Å². The molecule has 2 N–H and O–H groups in total. The van der Waals surface area contributed by atoms with Crippen molar-refractivity contribution in [1.29, 1.82) is 0 Å². The van der Waals surface area contributed by atoms with Crippen molar-refractivity contribution in [3.8, 4) is 5.75 Å². The van der Waals surface area contributed by atoms with Crippen molar-refractivity contribution in [2.24, 2.45) is 0 Å². The molecule has 1 aliphatic heterocycles. The van der Waals surface area contributed by atoms with E-state index in [-0.39, 0.29) is 5.75 Å². The fourth-order valence-electron chi connectivity index (χ4n) is 2.99. The van der Waals surface area contributed by atoms with Crippen LogP contribution in [0.25, 0.3) is 0 Å². The third kappa shape index (κ3) is 3.74. The molecule has 0 bridgehead atoms. The Morgan fingerprint density at radius 3 is 2.14 bits per heavy atom. The summed E-state index contributed by atoms with van der Waals surface area (Å²) in [6, 6.07) is 7.29. The van der Waals surface area contributed by atoms with Gasteiger partial charge in [0.1, 0.15) is 11.8 Å². The van der Waals surface area contributed by atoms with Crippen LogP contribution in [0.2, 0.25) is 0 Å². The molecule has 1 aromatic rings. The number of aromatic hydroxyl groups is 1. The summed E-state index contributed by atoms with van der Waals surface area (Å²) in [7, 11) is 0. The maximum atomic E-state index is 11.0. The molecule has 116 valence electrons. The molecule has 0 aliphatic carbocycles. The SMILES string of the molecule is CCC(c1ccc(O)cc1)N1CCN(C(C)C(=O)O)CC1. The number of nitrogens with zero attached hydrogens (tertiary/aromatic N) is 2. The number of carboxylic acid groups (broad SMARTS) is 1. The zero-order valence-corrected chi connectivity index (χ0v) is 12.7. The predicted molar refractivity (Wildman–Crippen MR) is 81.4 cm³/mol. The molecule has 1 aliphatic rings. The zero-order valence-electron chi connectivity index (χ0n) is 12.7. The molecule has 1 fully saturated rings. The van der Waals surface area contributed by atoms with Crippen molar-refractivity contribution in [2.45, 2.75) is 32.4 Å². The highest BCUT2D eigenvalue weighted by Gasteiger charge is 2.28. The van der Waals surface area contributed by atoms with Gasteiger partial charge in [0, 0.05) is 32.2 Å². The lowest BCUT2D eigenvalue weighted by molar-refractivity contribution is -0.143. The highest BCUT2D eigenvalue weighted by atomic mass is 16.4. The monoisotopic (exact) mass is 292 g/mol. The van der Waals surface area contributed by atoms with E-state index >= 15 is 0 Å². The Bertz CT molecular complexity index is 467. The Balaban J connectivity index is 1.99. The first kappa shape index (κ1) is 15.8. The predicted octanol–water partition coefficient (Wildman–Crippen LogP) is 1.93. The molecule has 0 radical (unpaired) electrons. The molecule has 5 heteroatoms. The number of hydrogen-bond acceptors (Lipinski definition) is 4. The van der Waals surface area contributed by atoms with Crippen molar-refractivity contribution in [3.05, 3.63) is 29.8 Å². The number of phenols is 1. The number of aliphatic carboxylic acids is 1. The normalized spacial score (nSPS) is 20.1. The van der Waals surface area contributed by atoms with Gasteiger partial charge in [-0.25, -0.2) is 0 Å². The summed E-state index contributed by atoms with van der Waals surface area (Å²) in [6.07, 6.45) is 0.999. The molecule has 21 heavy (non-hydrogen) atoms. The van der Waals surface area contributed by atoms with E-state index in [9.17, 15) is 9.90 Å². The Hall–Kier alpha value is -1.59. The van der Waals surface area contributed by atoms with Crippen molar-refractivity contribution in [3.63, 3.8) is 0 Å². The van der Waals surface area contributed by atoms with Crippen LogP contribution in [-0.2, 0) is 4.79 Å². The van der Waals surface area contributed by atoms with Gasteiger partial charge in [-0.3, -0.25) is 14.6 Å². The smallest absolute Gasteiger partial charge is 0.320 e. The molecule has 2 rings (SSSR count). The lowest BCUT2D eigenvalue weighted by Crippen LogP contribution is -2.52. The number of hydrogen-bond donors (Lipinski definition) is 2. The maximum absolute atomic E-state index is 11.0. The van der Waals surface area contributed by atoms with E-state index in [1.165, 1.54) is 5.56 Å². The number of benzene rings is 1. The molecule has 1 aromatic carbocycles. The minimum absolute atomic E-state index is 0.286. The van der Waals surface area contributed by atoms with Crippen LogP contribution in [0.1, 0.15) is 31.9 Å². The lowest BCUT2D eigenvalue weighted by atomic mass is 10.0. The van der Waals surface area contributed by atoms with E-state index in [4.69, 9.17) is 5.11 Å². The molecule has 0 saturated carbocycles. The van der Waals surface area contributed by atoms with E-state index in [1.54, 1.807) is 19.1 Å². The second-order valence-electron chi connectivity index (χ2n) is 5.60. The number of carbonyl (C=O) groups is 1. The van der Waals surface area contributed by atoms with Crippen molar-refractivity contribution in [2.75, 3.05) is 26.2 Å². The highest BCUT2D eigenvalue weighted by molar-refractivity contribution is 5.72. The third-order valence-electron chi connectivity index (χ3n) is 4.36. The van der Waals surface area contributed by atoms with Crippen molar-refractivity contribution >= 4 is 5.97 Å². The first-order valence-corrected chi connectivity index (χ1v) is 7.52. The van der Waals surface area contributed by atoms with Crippen LogP contribution < -0.4 is 0 Å². The second kappa shape index (κ2) is 6.91. The van der Waals surface area contributed by atoms with Crippen molar-refractivity contribution < 1.29 is 15.0 Å². The molecule has 0 aromatic heterocycles. The van der Waals surface area contributed by atoms with Crippen LogP contribution in [0, 0.1) is 0 Å². The van der Waals surface area contributed by atoms with Gasteiger partial charge in [0.05, 0.1) is 0 Å². The topological polar surface area (TPSA) is 64.0 Å². The van der Waals surface area contributed by atoms with Gasteiger partial charge in [-0.15, -0.1) is 0 Å². The summed E-state index contributed by atoms with van der Waals surface area (Å²) in [6.45, 7) is 7.21. The molecule has 2 unspecified atom stereocenters. The van der Waals surface area contributed by atoms with E-state index in [0.717, 1.165) is 32.6 Å². The molecule has 0 spiro atoms. The summed E-state index contributed by atoms with van der Waals surface area (Å²) in [4.78, 5) is 15.5. The summed E-state index contributed by atoms with van der Waals surface area (Å²) in [5, 5.41) is 18.5. The van der Waals surface area contributed by atoms with Gasteiger partial charge in [-0.2, -0.15) is 0 Å². The summed E-state index contributed by atoms with van der Waals surface area (Å²) in [5.74, 6) is -0.470. The first-order valence-electron chi connectivity index (χ1n) is 7.52. The molecule has 2 atom stereocenters. The fraction of sp³-hybridized carbons (Fsp3) is 0.562. The Morgan fingerprint density at radius 2 is 1.67 bits per heavy atom. The van der Waals surface area contributed by atoms with E-state index in [1.807, 2.05) is 17.0 Å². The minimum atomic E-state index is -0.756. The maximum Gasteiger partial charge on any atom is 0.320 e. The van der Waals surface area contributed by atoms with Crippen LogP contribution in [0.4, 0.5) is 0 Å². The van der Waals surface area contributed by atoms with Crippen LogP contribution in [0.3, 0.4) is 0 Å². The van der Waals surface area contributed by atoms with Crippen LogP contribution in [0.5, 0.6) is 5.75 Å². The van der Waals surface area contributed by atoms with E-state index < -0.39 is 12.0 Å². The first-order chi connectivity index (χ1) is 10.0. The van der Waals surface area contributed by atoms with Gasteiger partial charge in [0.2, 0.25) is 0 Å². The highest BCUT2D eigenvalue weighted by Crippen LogP contribution is 2.27. The molecule has 1 heterocycles. The Labute approximate surface area is 125 Å². The van der Waals surface area contributed by atoms with Gasteiger partial charge >= 0.3 is 5.97 Å². The number of carboxylic acids is 1. The number of piperazine rings is 1. The van der Waals surface area contributed by atoms with Crippen molar-refractivity contribution in [1.82, 2.24) is 9.80 Å². The molecular weight excluding hydrogens is 268 g/mol. The molecular formula is C16H24N2O3. The van der Waals surface area contributed by atoms with E-state index in [2.05, 4.69) is 11.8 Å². The average molecular weight is 292 g/mol. The van der Waals surface area contributed by atoms with Gasteiger partial charge in [0.15, 0.2) is 0 Å². The summed E-state index contributed by atoms with van der Waals surface area (Å²) < 4.78 is 0. The number of rotatable bonds is 5. The molecule has 0 amide bonds. The fourth-order valence-corrected chi connectivity index (χ4v) is 2.99. The van der Waals surface area contributed by atoms with Gasteiger partial charge < -0.3 is 10.2 Å². The lowest BCUT2D eigenvalue weighted by Gasteiger charge is -2.40. The molecule has 1 saturated heterocycles. The zero-order chi connectivity index (χ0) is 15.4. The Morgan fingerprint density at radius 1 is 1.14 bits per heavy atom. The van der Waals surface area contributed by atoms with Crippen LogP contribution in [-0.4, -0.2) is 58.2 Å². The number of phenolic OH excluding ortho intramolecular Hbond substituents is 1.